The molecule has 0 bridgehead atoms. The standard InChI is InChI=1S/C9H11ClN2O3S/c1-4(15-6(3)13)8(14)12-9-11-7(10)5(2)16-9/h4H,1-3H3,(H,11,12,14)/t4-/m0/s1. The first kappa shape index (κ1) is 12.9. The Hall–Kier alpha value is -1.14. The molecule has 7 heteroatoms. The molecule has 1 aromatic rings. The van der Waals surface area contributed by atoms with Crippen LogP contribution in [0.1, 0.15) is 18.7 Å². The van der Waals surface area contributed by atoms with E-state index in [0.717, 1.165) is 4.88 Å². The molecule has 16 heavy (non-hydrogen) atoms. The zero-order chi connectivity index (χ0) is 12.3. The predicted molar refractivity (Wildman–Crippen MR) is 61.7 cm³/mol. The lowest BCUT2D eigenvalue weighted by Gasteiger charge is -2.10. The normalized spacial score (nSPS) is 12.0. The van der Waals surface area contributed by atoms with Crippen LogP contribution in [0, 0.1) is 6.92 Å². The summed E-state index contributed by atoms with van der Waals surface area (Å²) in [5.74, 6) is -0.934. The van der Waals surface area contributed by atoms with Crippen molar-refractivity contribution in [2.75, 3.05) is 5.32 Å². The molecule has 1 atom stereocenters. The Morgan fingerprint density at radius 3 is 2.62 bits per heavy atom. The number of nitrogens with zero attached hydrogens (tertiary/aromatic N) is 1. The van der Waals surface area contributed by atoms with Crippen LogP contribution >= 0.6 is 22.9 Å². The molecule has 0 aliphatic rings. The van der Waals surface area contributed by atoms with Crippen LogP contribution in [0.3, 0.4) is 0 Å². The van der Waals surface area contributed by atoms with E-state index in [9.17, 15) is 9.59 Å². The lowest BCUT2D eigenvalue weighted by molar-refractivity contribution is -0.150. The Balaban J connectivity index is 2.60. The average Bonchev–Trinajstić information content (AvgIpc) is 2.44. The van der Waals surface area contributed by atoms with E-state index in [1.54, 1.807) is 6.92 Å². The first-order chi connectivity index (χ1) is 7.40. The van der Waals surface area contributed by atoms with Gasteiger partial charge >= 0.3 is 5.97 Å². The van der Waals surface area contributed by atoms with Crippen molar-refractivity contribution in [2.45, 2.75) is 26.9 Å². The summed E-state index contributed by atoms with van der Waals surface area (Å²) in [6.45, 7) is 4.53. The molecule has 5 nitrogen and oxygen atoms in total. The molecule has 0 fully saturated rings. The van der Waals surface area contributed by atoms with E-state index in [1.165, 1.54) is 25.2 Å². The molecule has 0 aromatic carbocycles. The number of aryl methyl sites for hydroxylation is 1. The summed E-state index contributed by atoms with van der Waals surface area (Å²) < 4.78 is 4.71. The van der Waals surface area contributed by atoms with Gasteiger partial charge in [-0.05, 0) is 13.8 Å². The number of aromatic nitrogens is 1. The van der Waals surface area contributed by atoms with Crippen LogP contribution in [0.5, 0.6) is 0 Å². The van der Waals surface area contributed by atoms with Crippen molar-refractivity contribution >= 4 is 39.9 Å². The smallest absolute Gasteiger partial charge is 0.303 e. The Kier molecular flexibility index (Phi) is 4.26. The van der Waals surface area contributed by atoms with Gasteiger partial charge in [-0.2, -0.15) is 0 Å². The molecule has 0 saturated carbocycles. The van der Waals surface area contributed by atoms with Crippen molar-refractivity contribution in [3.63, 3.8) is 0 Å². The van der Waals surface area contributed by atoms with Gasteiger partial charge in [0, 0.05) is 11.8 Å². The minimum Gasteiger partial charge on any atom is -0.453 e. The third-order valence-electron chi connectivity index (χ3n) is 1.68. The molecule has 88 valence electrons. The van der Waals surface area contributed by atoms with Crippen LogP contribution in [-0.4, -0.2) is 23.0 Å². The molecule has 1 heterocycles. The number of carbonyl (C=O) groups is 2. The van der Waals surface area contributed by atoms with E-state index < -0.39 is 18.0 Å². The van der Waals surface area contributed by atoms with Gasteiger partial charge in [-0.25, -0.2) is 4.98 Å². The fraction of sp³-hybridized carbons (Fsp3) is 0.444. The Morgan fingerprint density at radius 2 is 2.19 bits per heavy atom. The molecular weight excluding hydrogens is 252 g/mol. The highest BCUT2D eigenvalue weighted by Gasteiger charge is 2.17. The average molecular weight is 263 g/mol. The summed E-state index contributed by atoms with van der Waals surface area (Å²) in [6.07, 6.45) is -0.847. The monoisotopic (exact) mass is 262 g/mol. The van der Waals surface area contributed by atoms with Gasteiger partial charge in [0.15, 0.2) is 11.2 Å². The highest BCUT2D eigenvalue weighted by Crippen LogP contribution is 2.25. The predicted octanol–water partition coefficient (Wildman–Crippen LogP) is 2.00. The Labute approximate surface area is 102 Å². The quantitative estimate of drug-likeness (QED) is 0.846. The maximum atomic E-state index is 11.5. The molecule has 0 unspecified atom stereocenters. The lowest BCUT2D eigenvalue weighted by Crippen LogP contribution is -2.29. The summed E-state index contributed by atoms with van der Waals surface area (Å²) >= 11 is 7.00. The van der Waals surface area contributed by atoms with Crippen LogP contribution in [0.25, 0.3) is 0 Å². The van der Waals surface area contributed by atoms with Crippen LogP contribution in [0.15, 0.2) is 0 Å². The summed E-state index contributed by atoms with van der Waals surface area (Å²) in [5, 5.41) is 3.27. The van der Waals surface area contributed by atoms with E-state index >= 15 is 0 Å². The number of anilines is 1. The minimum absolute atomic E-state index is 0.362. The second kappa shape index (κ2) is 5.27. The topological polar surface area (TPSA) is 68.3 Å². The van der Waals surface area contributed by atoms with Crippen molar-refractivity contribution in [1.82, 2.24) is 4.98 Å². The van der Waals surface area contributed by atoms with Crippen LogP contribution < -0.4 is 5.32 Å². The Bertz CT molecular complexity index is 399. The van der Waals surface area contributed by atoms with E-state index in [-0.39, 0.29) is 0 Å². The van der Waals surface area contributed by atoms with E-state index in [2.05, 4.69) is 10.3 Å². The van der Waals surface area contributed by atoms with Gasteiger partial charge in [0.2, 0.25) is 0 Å². The van der Waals surface area contributed by atoms with E-state index in [0.29, 0.717) is 10.3 Å². The third-order valence-corrected chi connectivity index (χ3v) is 3.05. The second-order valence-corrected chi connectivity index (χ2v) is 4.67. The molecule has 1 N–H and O–H groups in total. The SMILES string of the molecule is CC(=O)O[C@@H](C)C(=O)Nc1nc(Cl)c(C)s1. The summed E-state index contributed by atoms with van der Waals surface area (Å²) in [6, 6.07) is 0. The number of hydrogen-bond acceptors (Lipinski definition) is 5. The number of halogens is 1. The largest absolute Gasteiger partial charge is 0.453 e. The zero-order valence-corrected chi connectivity index (χ0v) is 10.6. The molecule has 0 spiro atoms. The van der Waals surface area contributed by atoms with Gasteiger partial charge in [0.25, 0.3) is 5.91 Å². The van der Waals surface area contributed by atoms with Crippen molar-refractivity contribution in [3.8, 4) is 0 Å². The van der Waals surface area contributed by atoms with Gasteiger partial charge in [0.05, 0.1) is 0 Å². The number of rotatable bonds is 3. The molecule has 0 aliphatic carbocycles. The first-order valence-electron chi connectivity index (χ1n) is 4.51. The number of hydrogen-bond donors (Lipinski definition) is 1. The van der Waals surface area contributed by atoms with Gasteiger partial charge in [-0.15, -0.1) is 11.3 Å². The van der Waals surface area contributed by atoms with E-state index in [1.807, 2.05) is 0 Å². The zero-order valence-electron chi connectivity index (χ0n) is 9.04. The second-order valence-electron chi connectivity index (χ2n) is 3.11. The first-order valence-corrected chi connectivity index (χ1v) is 5.70. The number of esters is 1. The minimum atomic E-state index is -0.847. The van der Waals surface area contributed by atoms with Crippen molar-refractivity contribution in [1.29, 1.82) is 0 Å². The van der Waals surface area contributed by atoms with Gasteiger partial charge in [-0.1, -0.05) is 11.6 Å². The highest BCUT2D eigenvalue weighted by molar-refractivity contribution is 7.16. The van der Waals surface area contributed by atoms with Gasteiger partial charge in [-0.3, -0.25) is 14.9 Å². The van der Waals surface area contributed by atoms with E-state index in [4.69, 9.17) is 16.3 Å². The van der Waals surface area contributed by atoms with Crippen molar-refractivity contribution < 1.29 is 14.3 Å². The maximum Gasteiger partial charge on any atom is 0.303 e. The van der Waals surface area contributed by atoms with Crippen molar-refractivity contribution in [2.24, 2.45) is 0 Å². The molecule has 1 rings (SSSR count). The summed E-state index contributed by atoms with van der Waals surface area (Å²) in [5.41, 5.74) is 0. The molecule has 1 amide bonds. The lowest BCUT2D eigenvalue weighted by atomic mass is 10.4. The number of ether oxygens (including phenoxy) is 1. The molecular formula is C9H11ClN2O3S. The number of thiazole rings is 1. The van der Waals surface area contributed by atoms with Crippen LogP contribution in [0.2, 0.25) is 5.15 Å². The number of carbonyl (C=O) groups excluding carboxylic acids is 2. The fourth-order valence-corrected chi connectivity index (χ4v) is 1.90. The van der Waals surface area contributed by atoms with Crippen LogP contribution in [-0.2, 0) is 14.3 Å². The van der Waals surface area contributed by atoms with Crippen molar-refractivity contribution in [3.05, 3.63) is 10.0 Å². The number of nitrogens with one attached hydrogen (secondary N) is 1. The molecule has 1 aromatic heterocycles. The highest BCUT2D eigenvalue weighted by atomic mass is 35.5. The third kappa shape index (κ3) is 3.46. The number of amides is 1. The maximum absolute atomic E-state index is 11.5. The molecule has 0 radical (unpaired) electrons. The van der Waals surface area contributed by atoms with Gasteiger partial charge in [0.1, 0.15) is 5.15 Å². The fourth-order valence-electron chi connectivity index (χ4n) is 0.941. The summed E-state index contributed by atoms with van der Waals surface area (Å²) in [4.78, 5) is 26.9. The van der Waals surface area contributed by atoms with Gasteiger partial charge < -0.3 is 4.74 Å². The molecule has 0 aliphatic heterocycles. The summed E-state index contributed by atoms with van der Waals surface area (Å²) in [7, 11) is 0. The van der Waals surface area contributed by atoms with Crippen LogP contribution in [0.4, 0.5) is 5.13 Å². The Morgan fingerprint density at radius 1 is 1.56 bits per heavy atom. The molecule has 0 saturated heterocycles.